The SMILES string of the molecule is Oc1cccc(C2COC(C3CCNCC3)=N2)c1. The van der Waals surface area contributed by atoms with Gasteiger partial charge >= 0.3 is 0 Å². The summed E-state index contributed by atoms with van der Waals surface area (Å²) in [6.45, 7) is 2.69. The van der Waals surface area contributed by atoms with E-state index in [-0.39, 0.29) is 11.8 Å². The maximum atomic E-state index is 9.49. The number of phenolic OH excluding ortho intramolecular Hbond substituents is 1. The molecule has 18 heavy (non-hydrogen) atoms. The van der Waals surface area contributed by atoms with Gasteiger partial charge in [-0.05, 0) is 43.6 Å². The molecule has 2 heterocycles. The maximum Gasteiger partial charge on any atom is 0.187 e. The van der Waals surface area contributed by atoms with Crippen LogP contribution < -0.4 is 5.32 Å². The van der Waals surface area contributed by atoms with Crippen LogP contribution in [0.4, 0.5) is 0 Å². The number of aromatic hydroxyl groups is 1. The van der Waals surface area contributed by atoms with Gasteiger partial charge in [-0.15, -0.1) is 0 Å². The van der Waals surface area contributed by atoms with Crippen molar-refractivity contribution in [2.45, 2.75) is 18.9 Å². The van der Waals surface area contributed by atoms with E-state index >= 15 is 0 Å². The molecule has 0 aliphatic carbocycles. The minimum atomic E-state index is 0.0435. The van der Waals surface area contributed by atoms with Gasteiger partial charge < -0.3 is 15.2 Å². The van der Waals surface area contributed by atoms with Crippen LogP contribution in [0.15, 0.2) is 29.3 Å². The molecule has 0 spiro atoms. The van der Waals surface area contributed by atoms with Crippen molar-refractivity contribution < 1.29 is 9.84 Å². The Morgan fingerprint density at radius 2 is 2.11 bits per heavy atom. The summed E-state index contributed by atoms with van der Waals surface area (Å²) < 4.78 is 5.74. The number of ether oxygens (including phenoxy) is 1. The summed E-state index contributed by atoms with van der Waals surface area (Å²) in [5.41, 5.74) is 1.03. The summed E-state index contributed by atoms with van der Waals surface area (Å²) >= 11 is 0. The van der Waals surface area contributed by atoms with Crippen LogP contribution in [0.25, 0.3) is 0 Å². The van der Waals surface area contributed by atoms with Gasteiger partial charge in [-0.1, -0.05) is 12.1 Å². The summed E-state index contributed by atoms with van der Waals surface area (Å²) in [5.74, 6) is 1.66. The van der Waals surface area contributed by atoms with Gasteiger partial charge in [-0.3, -0.25) is 0 Å². The number of piperidine rings is 1. The van der Waals surface area contributed by atoms with E-state index in [0.717, 1.165) is 37.4 Å². The first-order valence-corrected chi connectivity index (χ1v) is 6.53. The van der Waals surface area contributed by atoms with Crippen LogP contribution in [-0.4, -0.2) is 30.7 Å². The van der Waals surface area contributed by atoms with Crippen molar-refractivity contribution in [2.24, 2.45) is 10.9 Å². The number of hydrogen-bond acceptors (Lipinski definition) is 4. The number of nitrogens with zero attached hydrogens (tertiary/aromatic N) is 1. The molecule has 1 aromatic rings. The minimum absolute atomic E-state index is 0.0435. The van der Waals surface area contributed by atoms with Crippen LogP contribution >= 0.6 is 0 Å². The molecule has 1 unspecified atom stereocenters. The quantitative estimate of drug-likeness (QED) is 0.837. The standard InChI is InChI=1S/C14H18N2O2/c17-12-3-1-2-11(8-12)13-9-18-14(16-13)10-4-6-15-7-5-10/h1-3,8,10,13,15,17H,4-7,9H2. The normalized spacial score (nSPS) is 24.7. The van der Waals surface area contributed by atoms with Gasteiger partial charge in [0.2, 0.25) is 0 Å². The van der Waals surface area contributed by atoms with Gasteiger partial charge in [0, 0.05) is 5.92 Å². The number of rotatable bonds is 2. The average molecular weight is 246 g/mol. The Labute approximate surface area is 107 Å². The highest BCUT2D eigenvalue weighted by molar-refractivity contribution is 5.80. The summed E-state index contributed by atoms with van der Waals surface area (Å²) in [7, 11) is 0. The van der Waals surface area contributed by atoms with Crippen molar-refractivity contribution in [2.75, 3.05) is 19.7 Å². The lowest BCUT2D eigenvalue weighted by Gasteiger charge is -2.21. The Bertz CT molecular complexity index is 453. The van der Waals surface area contributed by atoms with Gasteiger partial charge in [0.25, 0.3) is 0 Å². The molecular formula is C14H18N2O2. The number of nitrogens with one attached hydrogen (secondary N) is 1. The first kappa shape index (κ1) is 11.5. The fourth-order valence-corrected chi connectivity index (χ4v) is 2.59. The molecule has 0 saturated carbocycles. The lowest BCUT2D eigenvalue weighted by molar-refractivity contribution is 0.285. The zero-order valence-electron chi connectivity index (χ0n) is 10.3. The maximum absolute atomic E-state index is 9.49. The molecule has 0 radical (unpaired) electrons. The van der Waals surface area contributed by atoms with Crippen molar-refractivity contribution in [3.63, 3.8) is 0 Å². The molecule has 1 atom stereocenters. The second kappa shape index (κ2) is 4.98. The van der Waals surface area contributed by atoms with E-state index in [4.69, 9.17) is 4.74 Å². The Morgan fingerprint density at radius 3 is 2.89 bits per heavy atom. The molecule has 1 saturated heterocycles. The summed E-state index contributed by atoms with van der Waals surface area (Å²) in [5, 5.41) is 12.8. The van der Waals surface area contributed by atoms with E-state index in [1.54, 1.807) is 12.1 Å². The van der Waals surface area contributed by atoms with E-state index < -0.39 is 0 Å². The third kappa shape index (κ3) is 2.34. The molecule has 0 bridgehead atoms. The molecule has 2 aliphatic rings. The molecule has 3 rings (SSSR count). The lowest BCUT2D eigenvalue weighted by atomic mass is 9.98. The molecular weight excluding hydrogens is 228 g/mol. The van der Waals surface area contributed by atoms with E-state index in [2.05, 4.69) is 10.3 Å². The Morgan fingerprint density at radius 1 is 1.28 bits per heavy atom. The highest BCUT2D eigenvalue weighted by Gasteiger charge is 2.27. The highest BCUT2D eigenvalue weighted by Crippen LogP contribution is 2.29. The van der Waals surface area contributed by atoms with Crippen LogP contribution in [0, 0.1) is 5.92 Å². The minimum Gasteiger partial charge on any atom is -0.508 e. The van der Waals surface area contributed by atoms with Crippen molar-refractivity contribution >= 4 is 5.90 Å². The number of hydrogen-bond donors (Lipinski definition) is 2. The monoisotopic (exact) mass is 246 g/mol. The molecule has 4 heteroatoms. The summed E-state index contributed by atoms with van der Waals surface area (Å²) in [6, 6.07) is 7.33. The van der Waals surface area contributed by atoms with Crippen molar-refractivity contribution in [3.05, 3.63) is 29.8 Å². The largest absolute Gasteiger partial charge is 0.508 e. The molecule has 0 aromatic heterocycles. The number of aliphatic imine (C=N–C) groups is 1. The van der Waals surface area contributed by atoms with Crippen molar-refractivity contribution in [1.82, 2.24) is 5.32 Å². The van der Waals surface area contributed by atoms with E-state index in [1.165, 1.54) is 0 Å². The average Bonchev–Trinajstić information content (AvgIpc) is 2.89. The fourth-order valence-electron chi connectivity index (χ4n) is 2.59. The molecule has 1 fully saturated rings. The molecule has 96 valence electrons. The first-order valence-electron chi connectivity index (χ1n) is 6.53. The lowest BCUT2D eigenvalue weighted by Crippen LogP contribution is -2.31. The number of phenols is 1. The summed E-state index contributed by atoms with van der Waals surface area (Å²) in [4.78, 5) is 4.68. The predicted octanol–water partition coefficient (Wildman–Crippen LogP) is 1.86. The topological polar surface area (TPSA) is 53.9 Å². The zero-order valence-corrected chi connectivity index (χ0v) is 10.3. The van der Waals surface area contributed by atoms with Crippen LogP contribution in [-0.2, 0) is 4.74 Å². The molecule has 0 amide bonds. The Balaban J connectivity index is 1.74. The zero-order chi connectivity index (χ0) is 12.4. The smallest absolute Gasteiger partial charge is 0.187 e. The van der Waals surface area contributed by atoms with Crippen LogP contribution in [0.1, 0.15) is 24.4 Å². The van der Waals surface area contributed by atoms with Crippen LogP contribution in [0.2, 0.25) is 0 Å². The predicted molar refractivity (Wildman–Crippen MR) is 69.8 cm³/mol. The molecule has 2 aliphatic heterocycles. The van der Waals surface area contributed by atoms with Crippen molar-refractivity contribution in [3.8, 4) is 5.75 Å². The fraction of sp³-hybridized carbons (Fsp3) is 0.500. The van der Waals surface area contributed by atoms with Gasteiger partial charge in [0.1, 0.15) is 18.4 Å². The third-order valence-electron chi connectivity index (χ3n) is 3.62. The molecule has 2 N–H and O–H groups in total. The summed E-state index contributed by atoms with van der Waals surface area (Å²) in [6.07, 6.45) is 2.21. The van der Waals surface area contributed by atoms with Gasteiger partial charge in [0.05, 0.1) is 0 Å². The van der Waals surface area contributed by atoms with Crippen molar-refractivity contribution in [1.29, 1.82) is 0 Å². The van der Waals surface area contributed by atoms with E-state index in [9.17, 15) is 5.11 Å². The van der Waals surface area contributed by atoms with E-state index in [1.807, 2.05) is 12.1 Å². The van der Waals surface area contributed by atoms with Crippen LogP contribution in [0.3, 0.4) is 0 Å². The Hall–Kier alpha value is -1.55. The highest BCUT2D eigenvalue weighted by atomic mass is 16.5. The second-order valence-electron chi connectivity index (χ2n) is 4.91. The number of benzene rings is 1. The Kier molecular flexibility index (Phi) is 3.19. The van der Waals surface area contributed by atoms with E-state index in [0.29, 0.717) is 12.5 Å². The van der Waals surface area contributed by atoms with Crippen LogP contribution in [0.5, 0.6) is 5.75 Å². The van der Waals surface area contributed by atoms with Gasteiger partial charge in [-0.2, -0.15) is 0 Å². The molecule has 4 nitrogen and oxygen atoms in total. The van der Waals surface area contributed by atoms with Gasteiger partial charge in [-0.25, -0.2) is 4.99 Å². The first-order chi connectivity index (χ1) is 8.83. The van der Waals surface area contributed by atoms with Gasteiger partial charge in [0.15, 0.2) is 5.90 Å². The third-order valence-corrected chi connectivity index (χ3v) is 3.62. The second-order valence-corrected chi connectivity index (χ2v) is 4.91. The molecule has 1 aromatic carbocycles.